The Kier molecular flexibility index (Phi) is 5.91. The van der Waals surface area contributed by atoms with Gasteiger partial charge in [0.05, 0.1) is 12.1 Å². The number of carbonyl (C=O) groups is 1. The molecule has 0 bridgehead atoms. The summed E-state index contributed by atoms with van der Waals surface area (Å²) in [6, 6.07) is 21.6. The van der Waals surface area contributed by atoms with E-state index in [1.807, 2.05) is 12.1 Å². The van der Waals surface area contributed by atoms with Crippen molar-refractivity contribution in [3.8, 4) is 28.6 Å². The fourth-order valence-corrected chi connectivity index (χ4v) is 3.07. The largest absolute Gasteiger partial charge is 0.493 e. The number of amides is 1. The molecule has 1 amide bonds. The fraction of sp³-hybridized carbons (Fsp3) is 0.0417. The SMILES string of the molecule is COc1ccccc1Oc1ccc(NC(=O)c2ccc(-c3ccc(F)c(Cl)c3)o2)cc1. The van der Waals surface area contributed by atoms with E-state index in [2.05, 4.69) is 5.32 Å². The van der Waals surface area contributed by atoms with Gasteiger partial charge in [-0.3, -0.25) is 4.79 Å². The molecule has 0 aliphatic carbocycles. The molecule has 3 aromatic carbocycles. The summed E-state index contributed by atoms with van der Waals surface area (Å²) in [6.07, 6.45) is 0. The number of rotatable bonds is 6. The smallest absolute Gasteiger partial charge is 0.291 e. The number of hydrogen-bond acceptors (Lipinski definition) is 4. The van der Waals surface area contributed by atoms with E-state index in [4.69, 9.17) is 25.5 Å². The molecule has 1 aromatic heterocycles. The van der Waals surface area contributed by atoms with E-state index in [-0.39, 0.29) is 10.8 Å². The molecule has 0 radical (unpaired) electrons. The zero-order chi connectivity index (χ0) is 21.8. The van der Waals surface area contributed by atoms with Crippen molar-refractivity contribution in [3.63, 3.8) is 0 Å². The van der Waals surface area contributed by atoms with Crippen molar-refractivity contribution in [3.05, 3.63) is 95.5 Å². The second kappa shape index (κ2) is 8.93. The van der Waals surface area contributed by atoms with Crippen LogP contribution >= 0.6 is 11.6 Å². The summed E-state index contributed by atoms with van der Waals surface area (Å²) in [7, 11) is 1.57. The highest BCUT2D eigenvalue weighted by Crippen LogP contribution is 2.31. The van der Waals surface area contributed by atoms with Gasteiger partial charge in [0.25, 0.3) is 5.91 Å². The molecule has 1 N–H and O–H groups in total. The summed E-state index contributed by atoms with van der Waals surface area (Å²) >= 11 is 5.81. The van der Waals surface area contributed by atoms with Gasteiger partial charge >= 0.3 is 0 Å². The first kappa shape index (κ1) is 20.5. The number of halogens is 2. The Labute approximate surface area is 183 Å². The summed E-state index contributed by atoms with van der Waals surface area (Å²) in [5.74, 6) is 1.39. The first-order valence-corrected chi connectivity index (χ1v) is 9.69. The van der Waals surface area contributed by atoms with E-state index in [9.17, 15) is 9.18 Å². The second-order valence-corrected chi connectivity index (χ2v) is 6.93. The zero-order valence-electron chi connectivity index (χ0n) is 16.4. The molecular formula is C24H17ClFNO4. The highest BCUT2D eigenvalue weighted by atomic mass is 35.5. The standard InChI is InChI=1S/C24H17ClFNO4/c1-29-21-4-2-3-5-22(21)30-17-9-7-16(8-10-17)27-24(28)23-13-12-20(31-23)15-6-11-19(26)18(25)14-15/h2-14H,1H3,(H,27,28). The molecule has 31 heavy (non-hydrogen) atoms. The minimum absolute atomic E-state index is 0.0182. The monoisotopic (exact) mass is 437 g/mol. The summed E-state index contributed by atoms with van der Waals surface area (Å²) in [6.45, 7) is 0. The summed E-state index contributed by atoms with van der Waals surface area (Å²) in [5.41, 5.74) is 1.14. The second-order valence-electron chi connectivity index (χ2n) is 6.52. The van der Waals surface area contributed by atoms with Crippen molar-refractivity contribution in [1.82, 2.24) is 0 Å². The van der Waals surface area contributed by atoms with Gasteiger partial charge in [-0.05, 0) is 66.7 Å². The topological polar surface area (TPSA) is 60.7 Å². The molecule has 0 saturated carbocycles. The number of para-hydroxylation sites is 2. The molecule has 0 aliphatic rings. The lowest BCUT2D eigenvalue weighted by atomic mass is 10.2. The average molecular weight is 438 g/mol. The first-order valence-electron chi connectivity index (χ1n) is 9.31. The predicted molar refractivity (Wildman–Crippen MR) is 117 cm³/mol. The van der Waals surface area contributed by atoms with Gasteiger partial charge in [0.1, 0.15) is 17.3 Å². The lowest BCUT2D eigenvalue weighted by Crippen LogP contribution is -2.10. The van der Waals surface area contributed by atoms with E-state index in [1.54, 1.807) is 55.6 Å². The number of furan rings is 1. The van der Waals surface area contributed by atoms with Crippen molar-refractivity contribution in [2.24, 2.45) is 0 Å². The van der Waals surface area contributed by atoms with Crippen molar-refractivity contribution in [2.75, 3.05) is 12.4 Å². The third-order valence-corrected chi connectivity index (χ3v) is 4.73. The Morgan fingerprint density at radius 3 is 2.42 bits per heavy atom. The van der Waals surface area contributed by atoms with Crippen LogP contribution in [0.15, 0.2) is 83.3 Å². The molecule has 0 unspecified atom stereocenters. The lowest BCUT2D eigenvalue weighted by Gasteiger charge is -2.10. The Morgan fingerprint density at radius 1 is 0.968 bits per heavy atom. The number of methoxy groups -OCH3 is 1. The fourth-order valence-electron chi connectivity index (χ4n) is 2.89. The van der Waals surface area contributed by atoms with Crippen LogP contribution in [0.25, 0.3) is 11.3 Å². The lowest BCUT2D eigenvalue weighted by molar-refractivity contribution is 0.0997. The third-order valence-electron chi connectivity index (χ3n) is 4.44. The van der Waals surface area contributed by atoms with Gasteiger partial charge < -0.3 is 19.2 Å². The van der Waals surface area contributed by atoms with Crippen LogP contribution in [0.4, 0.5) is 10.1 Å². The number of benzene rings is 3. The number of carbonyl (C=O) groups excluding carboxylic acids is 1. The van der Waals surface area contributed by atoms with Crippen molar-refractivity contribution < 1.29 is 23.1 Å². The van der Waals surface area contributed by atoms with Crippen LogP contribution in [0.2, 0.25) is 5.02 Å². The average Bonchev–Trinajstić information content (AvgIpc) is 3.28. The normalized spacial score (nSPS) is 10.5. The minimum Gasteiger partial charge on any atom is -0.493 e. The van der Waals surface area contributed by atoms with Crippen molar-refractivity contribution >= 4 is 23.2 Å². The van der Waals surface area contributed by atoms with E-state index in [0.717, 1.165) is 0 Å². The molecule has 156 valence electrons. The minimum atomic E-state index is -0.520. The van der Waals surface area contributed by atoms with Gasteiger partial charge in [-0.1, -0.05) is 23.7 Å². The Morgan fingerprint density at radius 2 is 1.71 bits per heavy atom. The third kappa shape index (κ3) is 4.70. The zero-order valence-corrected chi connectivity index (χ0v) is 17.2. The molecule has 7 heteroatoms. The summed E-state index contributed by atoms with van der Waals surface area (Å²) < 4.78 is 30.0. The Balaban J connectivity index is 1.43. The maximum Gasteiger partial charge on any atom is 0.291 e. The maximum absolute atomic E-state index is 13.3. The van der Waals surface area contributed by atoms with Gasteiger partial charge in [-0.2, -0.15) is 0 Å². The van der Waals surface area contributed by atoms with E-state index in [1.165, 1.54) is 18.2 Å². The Hall–Kier alpha value is -3.77. The number of nitrogens with one attached hydrogen (secondary N) is 1. The molecule has 4 rings (SSSR count). The Bertz CT molecular complexity index is 1220. The number of ether oxygens (including phenoxy) is 2. The molecule has 0 saturated heterocycles. The van der Waals surface area contributed by atoms with Gasteiger partial charge in [0.2, 0.25) is 0 Å². The van der Waals surface area contributed by atoms with Crippen molar-refractivity contribution in [1.29, 1.82) is 0 Å². The highest BCUT2D eigenvalue weighted by Gasteiger charge is 2.14. The molecule has 0 fully saturated rings. The van der Waals surface area contributed by atoms with Crippen LogP contribution in [-0.4, -0.2) is 13.0 Å². The van der Waals surface area contributed by atoms with Crippen LogP contribution in [0, 0.1) is 5.82 Å². The molecule has 0 spiro atoms. The van der Waals surface area contributed by atoms with Crippen LogP contribution in [-0.2, 0) is 0 Å². The highest BCUT2D eigenvalue weighted by molar-refractivity contribution is 6.31. The van der Waals surface area contributed by atoms with Gasteiger partial charge in [-0.25, -0.2) is 4.39 Å². The predicted octanol–water partition coefficient (Wildman–Crippen LogP) is 6.79. The maximum atomic E-state index is 13.3. The van der Waals surface area contributed by atoms with E-state index < -0.39 is 11.7 Å². The van der Waals surface area contributed by atoms with E-state index in [0.29, 0.717) is 34.3 Å². The van der Waals surface area contributed by atoms with Gasteiger partial charge in [-0.15, -0.1) is 0 Å². The van der Waals surface area contributed by atoms with Crippen LogP contribution in [0.5, 0.6) is 17.2 Å². The van der Waals surface area contributed by atoms with Crippen LogP contribution in [0.1, 0.15) is 10.6 Å². The summed E-state index contributed by atoms with van der Waals surface area (Å²) in [4.78, 5) is 12.5. The van der Waals surface area contributed by atoms with Crippen LogP contribution < -0.4 is 14.8 Å². The first-order chi connectivity index (χ1) is 15.0. The van der Waals surface area contributed by atoms with Crippen molar-refractivity contribution in [2.45, 2.75) is 0 Å². The number of anilines is 1. The number of hydrogen-bond donors (Lipinski definition) is 1. The molecular weight excluding hydrogens is 421 g/mol. The molecule has 4 aromatic rings. The van der Waals surface area contributed by atoms with Gasteiger partial charge in [0.15, 0.2) is 17.3 Å². The molecule has 0 atom stereocenters. The van der Waals surface area contributed by atoms with Gasteiger partial charge in [0, 0.05) is 11.3 Å². The molecule has 0 aliphatic heterocycles. The summed E-state index contributed by atoms with van der Waals surface area (Å²) in [5, 5.41) is 2.74. The molecule has 1 heterocycles. The molecule has 5 nitrogen and oxygen atoms in total. The quantitative estimate of drug-likeness (QED) is 0.360. The van der Waals surface area contributed by atoms with E-state index >= 15 is 0 Å². The van der Waals surface area contributed by atoms with Crippen LogP contribution in [0.3, 0.4) is 0 Å².